The number of amides is 1. The van der Waals surface area contributed by atoms with Crippen LogP contribution < -0.4 is 10.2 Å². The third-order valence-corrected chi connectivity index (χ3v) is 7.56. The Bertz CT molecular complexity index is 733. The van der Waals surface area contributed by atoms with Gasteiger partial charge in [-0.05, 0) is 12.8 Å². The van der Waals surface area contributed by atoms with Crippen LogP contribution in [-0.4, -0.2) is 66.5 Å². The highest BCUT2D eigenvalue weighted by molar-refractivity contribution is 7.99. The number of hydrogen-bond acceptors (Lipinski definition) is 6. The number of carbonyl (C=O) groups is 1. The molecule has 10 heteroatoms. The second-order valence-electron chi connectivity index (χ2n) is 7.34. The Morgan fingerprint density at radius 2 is 2.11 bits per heavy atom. The Labute approximate surface area is 166 Å². The number of aromatic nitrogens is 3. The maximum Gasteiger partial charge on any atom is 0.230 e. The van der Waals surface area contributed by atoms with Gasteiger partial charge in [0.1, 0.15) is 6.04 Å². The van der Waals surface area contributed by atoms with Crippen LogP contribution in [-0.2, 0) is 21.2 Å². The molecule has 27 heavy (non-hydrogen) atoms. The summed E-state index contributed by atoms with van der Waals surface area (Å²) in [7, 11) is 1.24. The van der Waals surface area contributed by atoms with Crippen molar-refractivity contribution in [1.82, 2.24) is 20.1 Å². The smallest absolute Gasteiger partial charge is 0.230 e. The molecule has 0 radical (unpaired) electrons. The number of carbonyl (C=O) groups excluding carboxylic acids is 1. The molecule has 1 aromatic heterocycles. The van der Waals surface area contributed by atoms with E-state index in [1.165, 1.54) is 16.7 Å². The highest BCUT2D eigenvalue weighted by Gasteiger charge is 2.29. The Morgan fingerprint density at radius 1 is 1.37 bits per heavy atom. The summed E-state index contributed by atoms with van der Waals surface area (Å²) in [4.78, 5) is 13.5. The minimum atomic E-state index is -2.99. The van der Waals surface area contributed by atoms with Gasteiger partial charge in [-0.1, -0.05) is 32.0 Å². The summed E-state index contributed by atoms with van der Waals surface area (Å²) >= 11 is 1.37. The average molecular weight is 419 g/mol. The number of nitrogens with one attached hydrogen (secondary N) is 2. The molecule has 2 heterocycles. The van der Waals surface area contributed by atoms with Gasteiger partial charge in [0.05, 0.1) is 31.4 Å². The Morgan fingerprint density at radius 3 is 2.67 bits per heavy atom. The molecule has 1 aromatic rings. The quantitative estimate of drug-likeness (QED) is 0.522. The van der Waals surface area contributed by atoms with Crippen molar-refractivity contribution in [2.24, 2.45) is 0 Å². The third kappa shape index (κ3) is 6.18. The van der Waals surface area contributed by atoms with Gasteiger partial charge in [0.25, 0.3) is 0 Å². The summed E-state index contributed by atoms with van der Waals surface area (Å²) in [6.07, 6.45) is 3.57. The molecule has 1 aliphatic heterocycles. The van der Waals surface area contributed by atoms with Gasteiger partial charge in [0, 0.05) is 19.0 Å². The fourth-order valence-electron chi connectivity index (χ4n) is 3.35. The van der Waals surface area contributed by atoms with Crippen LogP contribution in [0.1, 0.15) is 51.4 Å². The van der Waals surface area contributed by atoms with Crippen LogP contribution in [0.3, 0.4) is 0 Å². The van der Waals surface area contributed by atoms with Crippen molar-refractivity contribution in [3.8, 4) is 0 Å². The largest absolute Gasteiger partial charge is 0.352 e. The molecule has 0 bridgehead atoms. The first-order valence-electron chi connectivity index (χ1n) is 9.63. The highest BCUT2D eigenvalue weighted by Crippen LogP contribution is 2.22. The molecule has 0 aliphatic carbocycles. The Kier molecular flexibility index (Phi) is 8.11. The molecule has 0 saturated carbocycles. The van der Waals surface area contributed by atoms with Crippen LogP contribution in [0.5, 0.6) is 0 Å². The topological polar surface area (TPSA) is 98.4 Å². The third-order valence-electron chi connectivity index (χ3n) is 4.83. The van der Waals surface area contributed by atoms with E-state index in [-0.39, 0.29) is 35.2 Å². The molecule has 2 N–H and O–H groups in total. The van der Waals surface area contributed by atoms with Gasteiger partial charge in [0.2, 0.25) is 5.91 Å². The Hall–Kier alpha value is -1.13. The lowest BCUT2D eigenvalue weighted by atomic mass is 10.2. The molecule has 0 unspecified atom stereocenters. The van der Waals surface area contributed by atoms with Crippen LogP contribution >= 0.6 is 11.8 Å². The maximum absolute atomic E-state index is 12.2. The first kappa shape index (κ1) is 22.2. The van der Waals surface area contributed by atoms with Crippen molar-refractivity contribution >= 4 is 27.5 Å². The lowest BCUT2D eigenvalue weighted by molar-refractivity contribution is -0.893. The van der Waals surface area contributed by atoms with Crippen molar-refractivity contribution < 1.29 is 18.1 Å². The van der Waals surface area contributed by atoms with Crippen molar-refractivity contribution in [3.05, 3.63) is 5.82 Å². The van der Waals surface area contributed by atoms with Gasteiger partial charge < -0.3 is 14.8 Å². The monoisotopic (exact) mass is 418 g/mol. The molecule has 1 aliphatic rings. The summed E-state index contributed by atoms with van der Waals surface area (Å²) in [5.74, 6) is 1.23. The van der Waals surface area contributed by atoms with Crippen molar-refractivity contribution in [1.29, 1.82) is 0 Å². The van der Waals surface area contributed by atoms with Gasteiger partial charge in [-0.3, -0.25) is 4.79 Å². The van der Waals surface area contributed by atoms with Gasteiger partial charge >= 0.3 is 0 Å². The number of rotatable bonds is 10. The first-order valence-corrected chi connectivity index (χ1v) is 12.4. The lowest BCUT2D eigenvalue weighted by Gasteiger charge is -2.20. The van der Waals surface area contributed by atoms with E-state index in [0.717, 1.165) is 36.8 Å². The van der Waals surface area contributed by atoms with Crippen LogP contribution in [0.25, 0.3) is 0 Å². The highest BCUT2D eigenvalue weighted by atomic mass is 32.2. The fourth-order valence-corrected chi connectivity index (χ4v) is 5.80. The number of nitrogens with zero attached hydrogens (tertiary/aromatic N) is 3. The predicted octanol–water partition coefficient (Wildman–Crippen LogP) is 0.0692. The summed E-state index contributed by atoms with van der Waals surface area (Å²) in [6, 6.07) is -0.000312. The second kappa shape index (κ2) is 9.88. The normalized spacial score (nSPS) is 20.1. The van der Waals surface area contributed by atoms with E-state index in [4.69, 9.17) is 0 Å². The van der Waals surface area contributed by atoms with Crippen LogP contribution in [0.15, 0.2) is 5.16 Å². The zero-order valence-electron chi connectivity index (χ0n) is 16.7. The van der Waals surface area contributed by atoms with Gasteiger partial charge in [-0.15, -0.1) is 10.2 Å². The summed E-state index contributed by atoms with van der Waals surface area (Å²) < 4.78 is 25.2. The van der Waals surface area contributed by atoms with E-state index in [0.29, 0.717) is 6.42 Å². The second-order valence-corrected chi connectivity index (χ2v) is 10.5. The molecule has 2 rings (SSSR count). The van der Waals surface area contributed by atoms with E-state index in [2.05, 4.69) is 48.0 Å². The van der Waals surface area contributed by atoms with E-state index in [9.17, 15) is 13.2 Å². The number of hydrogen-bond donors (Lipinski definition) is 2. The lowest BCUT2D eigenvalue weighted by Crippen LogP contribution is -3.06. The standard InChI is InChI=1S/C17H31N5O3S2/c1-5-7-9-22-16(14(6-2)21(3)4)19-20-17(22)26-11-15(23)18-13-8-10-27(24,25)12-13/h13-14H,5-12H2,1-4H3,(H,18,23)/p+1/t13-,14-/m1/s1. The molecule has 0 aromatic carbocycles. The molecule has 1 fully saturated rings. The number of unbranched alkanes of at least 4 members (excludes halogenated alkanes) is 1. The van der Waals surface area contributed by atoms with Crippen LogP contribution in [0.2, 0.25) is 0 Å². The van der Waals surface area contributed by atoms with E-state index in [1.54, 1.807) is 0 Å². The molecule has 8 nitrogen and oxygen atoms in total. The molecule has 1 saturated heterocycles. The number of sulfone groups is 1. The van der Waals surface area contributed by atoms with Crippen LogP contribution in [0, 0.1) is 0 Å². The number of thioether (sulfide) groups is 1. The average Bonchev–Trinajstić information content (AvgIpc) is 3.14. The zero-order valence-corrected chi connectivity index (χ0v) is 18.3. The van der Waals surface area contributed by atoms with Gasteiger partial charge in [0.15, 0.2) is 20.8 Å². The Balaban J connectivity index is 2.02. The molecular formula is C17H32N5O3S2+. The van der Waals surface area contributed by atoms with E-state index < -0.39 is 9.84 Å². The molecule has 1 amide bonds. The van der Waals surface area contributed by atoms with Gasteiger partial charge in [-0.2, -0.15) is 0 Å². The zero-order chi connectivity index (χ0) is 20.0. The predicted molar refractivity (Wildman–Crippen MR) is 107 cm³/mol. The van der Waals surface area contributed by atoms with E-state index >= 15 is 0 Å². The first-order chi connectivity index (χ1) is 12.8. The molecule has 2 atom stereocenters. The minimum absolute atomic E-state index is 0.0457. The van der Waals surface area contributed by atoms with Crippen molar-refractivity contribution in [3.63, 3.8) is 0 Å². The summed E-state index contributed by atoms with van der Waals surface area (Å²) in [5, 5.41) is 12.3. The number of quaternary nitrogens is 1. The molecule has 154 valence electrons. The summed E-state index contributed by atoms with van der Waals surface area (Å²) in [5.41, 5.74) is 0. The fraction of sp³-hybridized carbons (Fsp3) is 0.824. The van der Waals surface area contributed by atoms with Crippen LogP contribution in [0.4, 0.5) is 0 Å². The van der Waals surface area contributed by atoms with Crippen molar-refractivity contribution in [2.75, 3.05) is 31.4 Å². The summed E-state index contributed by atoms with van der Waals surface area (Å²) in [6.45, 7) is 5.13. The van der Waals surface area contributed by atoms with Gasteiger partial charge in [-0.25, -0.2) is 8.42 Å². The SMILES string of the molecule is CCCCn1c(SCC(=O)N[C@@H]2CCS(=O)(=O)C2)nnc1[C@@H](CC)[NH+](C)C. The maximum atomic E-state index is 12.2. The molecular weight excluding hydrogens is 386 g/mol. The minimum Gasteiger partial charge on any atom is -0.352 e. The van der Waals surface area contributed by atoms with E-state index in [1.807, 2.05) is 0 Å². The molecule has 0 spiro atoms. The van der Waals surface area contributed by atoms with Crippen molar-refractivity contribution in [2.45, 2.75) is 63.3 Å².